The molecule has 0 radical (unpaired) electrons. The average Bonchev–Trinajstić information content (AvgIpc) is 2.98. The van der Waals surface area contributed by atoms with E-state index in [1.165, 1.54) is 11.1 Å². The van der Waals surface area contributed by atoms with E-state index in [-0.39, 0.29) is 10.6 Å². The maximum absolute atomic E-state index is 12.8. The largest absolute Gasteiger partial charge is 0.534 e. The lowest BCUT2D eigenvalue weighted by molar-refractivity contribution is -0.0501. The molecule has 2 aliphatic carbocycles. The first-order valence-corrected chi connectivity index (χ1v) is 11.3. The summed E-state index contributed by atoms with van der Waals surface area (Å²) in [6.07, 6.45) is 5.11. The smallest absolute Gasteiger partial charge is 0.355 e. The van der Waals surface area contributed by atoms with Crippen LogP contribution in [0.2, 0.25) is 0 Å². The number of halogens is 3. The van der Waals surface area contributed by atoms with Crippen molar-refractivity contribution in [1.29, 1.82) is 0 Å². The molecule has 1 aromatic carbocycles. The van der Waals surface area contributed by atoms with Crippen molar-refractivity contribution in [1.82, 2.24) is 9.97 Å². The molecular weight excluding hydrogens is 413 g/mol. The summed E-state index contributed by atoms with van der Waals surface area (Å²) in [6.45, 7) is 0. The van der Waals surface area contributed by atoms with E-state index in [1.54, 1.807) is 6.26 Å². The van der Waals surface area contributed by atoms with Crippen LogP contribution in [-0.2, 0) is 35.8 Å². The number of alkyl halides is 3. The fraction of sp³-hybridized carbons (Fsp3) is 0.444. The summed E-state index contributed by atoms with van der Waals surface area (Å²) in [5.41, 5.74) is -2.29. The number of fused-ring (bicyclic) bond motifs is 2. The molecule has 1 spiro atoms. The van der Waals surface area contributed by atoms with Gasteiger partial charge in [-0.25, -0.2) is 4.98 Å². The first-order chi connectivity index (χ1) is 13.1. The average molecular weight is 430 g/mol. The predicted octanol–water partition coefficient (Wildman–Crippen LogP) is 3.70. The Morgan fingerprint density at radius 2 is 1.82 bits per heavy atom. The van der Waals surface area contributed by atoms with Crippen LogP contribution in [0.5, 0.6) is 5.88 Å². The zero-order valence-electron chi connectivity index (χ0n) is 14.9. The van der Waals surface area contributed by atoms with Gasteiger partial charge in [-0.15, -0.1) is 0 Å². The van der Waals surface area contributed by atoms with Crippen LogP contribution in [0.1, 0.15) is 28.8 Å². The van der Waals surface area contributed by atoms with Gasteiger partial charge in [0.2, 0.25) is 5.88 Å². The molecule has 1 heterocycles. The standard InChI is InChI=1S/C18H17F3N2O3S2/c1-27-16-22-14-10-17(7-6-11-4-2-3-5-12(11)8-17)9-13(14)15(23-16)26-28(24,25)18(19,20)21/h2-5H,6-10H2,1H3/t17-/m1/s1. The Balaban J connectivity index is 1.71. The minimum Gasteiger partial charge on any atom is -0.355 e. The molecule has 0 unspecified atom stereocenters. The van der Waals surface area contributed by atoms with Gasteiger partial charge in [0, 0.05) is 5.56 Å². The molecule has 0 saturated heterocycles. The van der Waals surface area contributed by atoms with Crippen molar-refractivity contribution in [3.8, 4) is 5.88 Å². The predicted molar refractivity (Wildman–Crippen MR) is 97.7 cm³/mol. The minimum absolute atomic E-state index is 0.194. The zero-order valence-corrected chi connectivity index (χ0v) is 16.5. The molecule has 0 N–H and O–H groups in total. The highest BCUT2D eigenvalue weighted by Crippen LogP contribution is 2.48. The van der Waals surface area contributed by atoms with Crippen LogP contribution in [0.25, 0.3) is 0 Å². The first kappa shape index (κ1) is 19.5. The lowest BCUT2D eigenvalue weighted by Crippen LogP contribution is -2.30. The Morgan fingerprint density at radius 1 is 1.11 bits per heavy atom. The van der Waals surface area contributed by atoms with E-state index in [0.717, 1.165) is 31.0 Å². The highest BCUT2D eigenvalue weighted by Gasteiger charge is 2.50. The molecule has 0 amide bonds. The Labute approximate surface area is 164 Å². The SMILES string of the molecule is CSc1nc2c(c(OS(=O)(=O)C(F)(F)F)n1)C[C@]1(CCc3ccccc3C1)C2. The maximum Gasteiger partial charge on any atom is 0.534 e. The molecule has 10 heteroatoms. The second kappa shape index (κ2) is 6.62. The highest BCUT2D eigenvalue weighted by atomic mass is 32.2. The van der Waals surface area contributed by atoms with E-state index in [9.17, 15) is 21.6 Å². The number of hydrogen-bond donors (Lipinski definition) is 0. The highest BCUT2D eigenvalue weighted by molar-refractivity contribution is 7.98. The molecule has 1 aromatic heterocycles. The molecule has 4 rings (SSSR count). The van der Waals surface area contributed by atoms with E-state index in [0.29, 0.717) is 24.1 Å². The Morgan fingerprint density at radius 3 is 2.50 bits per heavy atom. The van der Waals surface area contributed by atoms with Crippen molar-refractivity contribution in [2.45, 2.75) is 42.8 Å². The number of rotatable bonds is 3. The second-order valence-electron chi connectivity index (χ2n) is 7.22. The van der Waals surface area contributed by atoms with E-state index < -0.39 is 21.5 Å². The fourth-order valence-electron chi connectivity index (χ4n) is 4.08. The molecule has 1 atom stereocenters. The first-order valence-electron chi connectivity index (χ1n) is 8.64. The lowest BCUT2D eigenvalue weighted by atomic mass is 9.70. The van der Waals surface area contributed by atoms with E-state index >= 15 is 0 Å². The van der Waals surface area contributed by atoms with Crippen molar-refractivity contribution in [2.75, 3.05) is 6.26 Å². The Kier molecular flexibility index (Phi) is 4.61. The van der Waals surface area contributed by atoms with E-state index in [4.69, 9.17) is 0 Å². The summed E-state index contributed by atoms with van der Waals surface area (Å²) in [5.74, 6) is -0.498. The molecule has 2 aliphatic rings. The van der Waals surface area contributed by atoms with Gasteiger partial charge in [-0.3, -0.25) is 0 Å². The van der Waals surface area contributed by atoms with E-state index in [2.05, 4.69) is 26.3 Å². The van der Waals surface area contributed by atoms with Crippen LogP contribution in [0.15, 0.2) is 29.4 Å². The summed E-state index contributed by atoms with van der Waals surface area (Å²) in [5, 5.41) is 0.194. The molecule has 150 valence electrons. The summed E-state index contributed by atoms with van der Waals surface area (Å²) in [7, 11) is -5.79. The molecule has 0 saturated carbocycles. The van der Waals surface area contributed by atoms with Gasteiger partial charge < -0.3 is 4.18 Å². The second-order valence-corrected chi connectivity index (χ2v) is 9.53. The summed E-state index contributed by atoms with van der Waals surface area (Å²) in [6, 6.07) is 8.10. The quantitative estimate of drug-likeness (QED) is 0.320. The number of thioether (sulfide) groups is 1. The number of hydrogen-bond acceptors (Lipinski definition) is 6. The van der Waals surface area contributed by atoms with Crippen LogP contribution < -0.4 is 4.18 Å². The van der Waals surface area contributed by atoms with Gasteiger partial charge in [0.15, 0.2) is 5.16 Å². The molecule has 2 aromatic rings. The van der Waals surface area contributed by atoms with Gasteiger partial charge in [0.05, 0.1) is 5.69 Å². The molecule has 0 aliphatic heterocycles. The van der Waals surface area contributed by atoms with Crippen molar-refractivity contribution >= 4 is 21.9 Å². The number of aromatic nitrogens is 2. The third-order valence-electron chi connectivity index (χ3n) is 5.39. The summed E-state index contributed by atoms with van der Waals surface area (Å²) >= 11 is 1.13. The van der Waals surface area contributed by atoms with Gasteiger partial charge in [0.25, 0.3) is 0 Å². The van der Waals surface area contributed by atoms with Gasteiger partial charge in [-0.05, 0) is 54.9 Å². The minimum atomic E-state index is -5.79. The van der Waals surface area contributed by atoms with Crippen molar-refractivity contribution in [3.05, 3.63) is 46.6 Å². The van der Waals surface area contributed by atoms with Gasteiger partial charge in [-0.2, -0.15) is 26.6 Å². The van der Waals surface area contributed by atoms with Crippen LogP contribution in [0.3, 0.4) is 0 Å². The van der Waals surface area contributed by atoms with Crippen LogP contribution in [0, 0.1) is 5.41 Å². The van der Waals surface area contributed by atoms with Crippen molar-refractivity contribution in [2.24, 2.45) is 5.41 Å². The topological polar surface area (TPSA) is 69.2 Å². The molecule has 5 nitrogen and oxygen atoms in total. The fourth-order valence-corrected chi connectivity index (χ4v) is 4.90. The lowest BCUT2D eigenvalue weighted by Gasteiger charge is -2.34. The molecule has 28 heavy (non-hydrogen) atoms. The number of aryl methyl sites for hydroxylation is 1. The zero-order chi connectivity index (χ0) is 20.2. The Hall–Kier alpha value is -1.81. The summed E-state index contributed by atoms with van der Waals surface area (Å²) < 4.78 is 65.9. The van der Waals surface area contributed by atoms with Gasteiger partial charge in [0.1, 0.15) is 0 Å². The van der Waals surface area contributed by atoms with Gasteiger partial charge in [-0.1, -0.05) is 36.0 Å². The maximum atomic E-state index is 12.8. The normalized spacial score (nSPS) is 21.4. The monoisotopic (exact) mass is 430 g/mol. The number of nitrogens with zero attached hydrogens (tertiary/aromatic N) is 2. The van der Waals surface area contributed by atoms with Crippen molar-refractivity contribution < 1.29 is 25.8 Å². The van der Waals surface area contributed by atoms with Crippen LogP contribution in [-0.4, -0.2) is 30.1 Å². The molecule has 0 fully saturated rings. The Bertz CT molecular complexity index is 1040. The van der Waals surface area contributed by atoms with Crippen LogP contribution in [0.4, 0.5) is 13.2 Å². The van der Waals surface area contributed by atoms with Crippen LogP contribution >= 0.6 is 11.8 Å². The van der Waals surface area contributed by atoms with E-state index in [1.807, 2.05) is 12.1 Å². The number of benzene rings is 1. The molecule has 0 bridgehead atoms. The van der Waals surface area contributed by atoms with Crippen molar-refractivity contribution in [3.63, 3.8) is 0 Å². The summed E-state index contributed by atoms with van der Waals surface area (Å²) in [4.78, 5) is 8.36. The molecular formula is C18H17F3N2O3S2. The third-order valence-corrected chi connectivity index (χ3v) is 6.88. The third kappa shape index (κ3) is 3.36. The van der Waals surface area contributed by atoms with Gasteiger partial charge >= 0.3 is 15.6 Å².